The summed E-state index contributed by atoms with van der Waals surface area (Å²) in [4.78, 5) is 0. The highest BCUT2D eigenvalue weighted by atomic mass is 19.4. The number of halogens is 3. The average molecular weight is 290 g/mol. The van der Waals surface area contributed by atoms with Gasteiger partial charge >= 0.3 is 6.18 Å². The van der Waals surface area contributed by atoms with E-state index < -0.39 is 24.5 Å². The predicted octanol–water partition coefficient (Wildman–Crippen LogP) is 3.11. The smallest absolute Gasteiger partial charge is 0.402 e. The monoisotopic (exact) mass is 290 g/mol. The van der Waals surface area contributed by atoms with Crippen LogP contribution >= 0.6 is 0 Å². The molecule has 1 aromatic carbocycles. The zero-order chi connectivity index (χ0) is 15.3. The second kappa shape index (κ2) is 6.49. The van der Waals surface area contributed by atoms with Crippen molar-refractivity contribution in [3.63, 3.8) is 0 Å². The van der Waals surface area contributed by atoms with Gasteiger partial charge in [-0.3, -0.25) is 0 Å². The largest absolute Gasteiger partial charge is 0.492 e. The lowest BCUT2D eigenvalue weighted by Crippen LogP contribution is -2.40. The van der Waals surface area contributed by atoms with Crippen molar-refractivity contribution in [1.29, 1.82) is 0 Å². The van der Waals surface area contributed by atoms with E-state index in [-0.39, 0.29) is 0 Å². The zero-order valence-corrected chi connectivity index (χ0v) is 11.2. The average Bonchev–Trinajstić information content (AvgIpc) is 2.37. The number of nitrogens with two attached hydrogens (primary N) is 1. The van der Waals surface area contributed by atoms with Crippen molar-refractivity contribution in [1.82, 2.24) is 0 Å². The zero-order valence-electron chi connectivity index (χ0n) is 11.2. The first-order chi connectivity index (χ1) is 9.25. The molecule has 0 aliphatic heterocycles. The molecule has 1 atom stereocenters. The summed E-state index contributed by atoms with van der Waals surface area (Å²) in [5, 5.41) is 10.8. The minimum Gasteiger partial charge on any atom is -0.492 e. The third kappa shape index (κ3) is 4.32. The normalized spacial score (nSPS) is 14.4. The second-order valence-electron chi connectivity index (χ2n) is 4.65. The van der Waals surface area contributed by atoms with Crippen molar-refractivity contribution in [3.05, 3.63) is 29.8 Å². The van der Waals surface area contributed by atoms with Gasteiger partial charge in [0.15, 0.2) is 5.84 Å². The molecule has 0 fully saturated rings. The molecule has 112 valence electrons. The summed E-state index contributed by atoms with van der Waals surface area (Å²) in [7, 11) is 0. The maximum absolute atomic E-state index is 12.7. The standard InChI is InChI=1S/C13H17F3N2O2/c1-8(2)9-3-5-10(6-4-9)20-7-11(12(17)18-19)13(14,15)16/h3-6,8,11,19H,7H2,1-2H3,(H2,17,18). The van der Waals surface area contributed by atoms with E-state index in [1.54, 1.807) is 24.3 Å². The third-order valence-electron chi connectivity index (χ3n) is 2.83. The Kier molecular flexibility index (Phi) is 5.24. The van der Waals surface area contributed by atoms with Crippen LogP contribution in [0.5, 0.6) is 5.75 Å². The van der Waals surface area contributed by atoms with Gasteiger partial charge in [0.25, 0.3) is 0 Å². The lowest BCUT2D eigenvalue weighted by molar-refractivity contribution is -0.162. The number of hydrogen-bond acceptors (Lipinski definition) is 3. The van der Waals surface area contributed by atoms with Crippen LogP contribution in [0.1, 0.15) is 25.3 Å². The number of nitrogens with zero attached hydrogens (tertiary/aromatic N) is 1. The first kappa shape index (κ1) is 16.1. The summed E-state index contributed by atoms with van der Waals surface area (Å²) in [5.41, 5.74) is 6.09. The third-order valence-corrected chi connectivity index (χ3v) is 2.83. The first-order valence-electron chi connectivity index (χ1n) is 6.02. The van der Waals surface area contributed by atoms with Crippen molar-refractivity contribution >= 4 is 5.84 Å². The molecule has 7 heteroatoms. The molecule has 0 aromatic heterocycles. The molecule has 4 nitrogen and oxygen atoms in total. The molecule has 0 spiro atoms. The molecule has 0 saturated heterocycles. The molecule has 0 bridgehead atoms. The lowest BCUT2D eigenvalue weighted by atomic mass is 10.0. The van der Waals surface area contributed by atoms with Crippen LogP contribution in [-0.2, 0) is 0 Å². The van der Waals surface area contributed by atoms with E-state index in [0.29, 0.717) is 11.7 Å². The van der Waals surface area contributed by atoms with Crippen LogP contribution in [0.4, 0.5) is 13.2 Å². The SMILES string of the molecule is CC(C)c1ccc(OCC(/C(N)=N/O)C(F)(F)F)cc1. The molecular formula is C13H17F3N2O2. The van der Waals surface area contributed by atoms with E-state index in [9.17, 15) is 13.2 Å². The van der Waals surface area contributed by atoms with Crippen LogP contribution in [0.15, 0.2) is 29.4 Å². The molecule has 0 radical (unpaired) electrons. The van der Waals surface area contributed by atoms with Gasteiger partial charge in [0, 0.05) is 0 Å². The fourth-order valence-corrected chi connectivity index (χ4v) is 1.55. The van der Waals surface area contributed by atoms with Crippen molar-refractivity contribution in [2.45, 2.75) is 25.9 Å². The number of amidine groups is 1. The fraction of sp³-hybridized carbons (Fsp3) is 0.462. The Hall–Kier alpha value is -1.92. The van der Waals surface area contributed by atoms with Gasteiger partial charge in [-0.25, -0.2) is 0 Å². The Morgan fingerprint density at radius 2 is 1.85 bits per heavy atom. The van der Waals surface area contributed by atoms with Crippen LogP contribution in [-0.4, -0.2) is 23.8 Å². The Morgan fingerprint density at radius 1 is 1.30 bits per heavy atom. The van der Waals surface area contributed by atoms with E-state index in [1.807, 2.05) is 13.8 Å². The molecule has 3 N–H and O–H groups in total. The van der Waals surface area contributed by atoms with Gasteiger partial charge in [-0.2, -0.15) is 13.2 Å². The van der Waals surface area contributed by atoms with Crippen LogP contribution in [0.3, 0.4) is 0 Å². The summed E-state index contributed by atoms with van der Waals surface area (Å²) in [6, 6.07) is 6.75. The Morgan fingerprint density at radius 3 is 2.25 bits per heavy atom. The highest BCUT2D eigenvalue weighted by Gasteiger charge is 2.43. The van der Waals surface area contributed by atoms with Crippen molar-refractivity contribution in [2.24, 2.45) is 16.8 Å². The van der Waals surface area contributed by atoms with E-state index in [2.05, 4.69) is 5.16 Å². The molecule has 0 amide bonds. The minimum atomic E-state index is -4.63. The van der Waals surface area contributed by atoms with Gasteiger partial charge in [-0.05, 0) is 23.6 Å². The highest BCUT2D eigenvalue weighted by molar-refractivity contribution is 5.83. The second-order valence-corrected chi connectivity index (χ2v) is 4.65. The van der Waals surface area contributed by atoms with Crippen molar-refractivity contribution in [2.75, 3.05) is 6.61 Å². The topological polar surface area (TPSA) is 67.8 Å². The minimum absolute atomic E-state index is 0.300. The number of oxime groups is 1. The summed E-state index contributed by atoms with van der Waals surface area (Å²) in [6.07, 6.45) is -4.63. The quantitative estimate of drug-likeness (QED) is 0.379. The van der Waals surface area contributed by atoms with Crippen LogP contribution in [0.2, 0.25) is 0 Å². The van der Waals surface area contributed by atoms with Crippen molar-refractivity contribution in [3.8, 4) is 5.75 Å². The van der Waals surface area contributed by atoms with Gasteiger partial charge in [0.2, 0.25) is 0 Å². The molecule has 20 heavy (non-hydrogen) atoms. The molecule has 0 aliphatic carbocycles. The molecule has 0 heterocycles. The van der Waals surface area contributed by atoms with E-state index >= 15 is 0 Å². The molecule has 1 rings (SSSR count). The number of alkyl halides is 3. The molecule has 0 saturated carbocycles. The predicted molar refractivity (Wildman–Crippen MR) is 69.0 cm³/mol. The number of ether oxygens (including phenoxy) is 1. The van der Waals surface area contributed by atoms with Crippen molar-refractivity contribution < 1.29 is 23.1 Å². The Labute approximate surface area is 115 Å². The molecule has 1 unspecified atom stereocenters. The van der Waals surface area contributed by atoms with Gasteiger partial charge in [-0.1, -0.05) is 31.1 Å². The van der Waals surface area contributed by atoms with Gasteiger partial charge < -0.3 is 15.7 Å². The summed E-state index contributed by atoms with van der Waals surface area (Å²) in [6.45, 7) is 3.28. The molecular weight excluding hydrogens is 273 g/mol. The molecule has 0 aliphatic rings. The lowest BCUT2D eigenvalue weighted by Gasteiger charge is -2.19. The van der Waals surface area contributed by atoms with E-state index in [4.69, 9.17) is 15.7 Å². The molecule has 1 aromatic rings. The summed E-state index contributed by atoms with van der Waals surface area (Å²) >= 11 is 0. The maximum atomic E-state index is 12.7. The van der Waals surface area contributed by atoms with E-state index in [1.165, 1.54) is 0 Å². The highest BCUT2D eigenvalue weighted by Crippen LogP contribution is 2.27. The number of benzene rings is 1. The van der Waals surface area contributed by atoms with Crippen LogP contribution in [0.25, 0.3) is 0 Å². The Bertz CT molecular complexity index is 456. The Balaban J connectivity index is 2.73. The number of rotatable bonds is 5. The van der Waals surface area contributed by atoms with Crippen LogP contribution < -0.4 is 10.5 Å². The van der Waals surface area contributed by atoms with Gasteiger partial charge in [0.05, 0.1) is 0 Å². The first-order valence-corrected chi connectivity index (χ1v) is 6.02. The summed E-state index contributed by atoms with van der Waals surface area (Å²) < 4.78 is 43.1. The fourth-order valence-electron chi connectivity index (χ4n) is 1.55. The van der Waals surface area contributed by atoms with E-state index in [0.717, 1.165) is 5.56 Å². The maximum Gasteiger partial charge on any atom is 0.402 e. The number of hydrogen-bond donors (Lipinski definition) is 2. The van der Waals surface area contributed by atoms with Gasteiger partial charge in [0.1, 0.15) is 18.3 Å². The van der Waals surface area contributed by atoms with Gasteiger partial charge in [-0.15, -0.1) is 0 Å². The summed E-state index contributed by atoms with van der Waals surface area (Å²) in [5.74, 6) is -2.44. The van der Waals surface area contributed by atoms with Crippen LogP contribution in [0, 0.1) is 5.92 Å².